The Balaban J connectivity index is 2.20. The van der Waals surface area contributed by atoms with Crippen LogP contribution in [0.15, 0.2) is 18.2 Å². The van der Waals surface area contributed by atoms with Crippen molar-refractivity contribution in [2.75, 3.05) is 13.1 Å². The first-order valence-corrected chi connectivity index (χ1v) is 7.10. The third-order valence-electron chi connectivity index (χ3n) is 4.61. The van der Waals surface area contributed by atoms with Gasteiger partial charge in [-0.2, -0.15) is 0 Å². The fraction of sp³-hybridized carbons (Fsp3) is 0.562. The minimum Gasteiger partial charge on any atom is -0.507 e. The van der Waals surface area contributed by atoms with Gasteiger partial charge in [0.1, 0.15) is 5.75 Å². The Kier molecular flexibility index (Phi) is 3.83. The molecule has 0 atom stereocenters. The highest BCUT2D eigenvalue weighted by Gasteiger charge is 2.37. The molecule has 1 aromatic carbocycles. The van der Waals surface area contributed by atoms with Crippen molar-refractivity contribution >= 4 is 5.91 Å². The van der Waals surface area contributed by atoms with E-state index in [-0.39, 0.29) is 17.1 Å². The zero-order chi connectivity index (χ0) is 14.0. The number of hydrogen-bond acceptors (Lipinski definition) is 2. The number of amides is 1. The summed E-state index contributed by atoms with van der Waals surface area (Å²) >= 11 is 0. The second-order valence-electron chi connectivity index (χ2n) is 5.70. The molecule has 1 N–H and O–H groups in total. The first-order valence-electron chi connectivity index (χ1n) is 7.10. The van der Waals surface area contributed by atoms with E-state index in [1.165, 1.54) is 0 Å². The van der Waals surface area contributed by atoms with E-state index in [1.54, 1.807) is 12.1 Å². The highest BCUT2D eigenvalue weighted by Crippen LogP contribution is 2.38. The van der Waals surface area contributed by atoms with Crippen molar-refractivity contribution in [2.45, 2.75) is 40.0 Å². The van der Waals surface area contributed by atoms with Gasteiger partial charge in [-0.15, -0.1) is 0 Å². The number of phenols is 1. The molecule has 1 aromatic rings. The molecule has 104 valence electrons. The summed E-state index contributed by atoms with van der Waals surface area (Å²) in [5, 5.41) is 9.86. The van der Waals surface area contributed by atoms with Crippen LogP contribution in [0.4, 0.5) is 0 Å². The Morgan fingerprint density at radius 2 is 2.05 bits per heavy atom. The van der Waals surface area contributed by atoms with Crippen LogP contribution in [0, 0.1) is 12.3 Å². The molecule has 1 aliphatic rings. The molecule has 0 unspecified atom stereocenters. The van der Waals surface area contributed by atoms with Gasteiger partial charge >= 0.3 is 0 Å². The van der Waals surface area contributed by atoms with E-state index in [9.17, 15) is 9.90 Å². The summed E-state index contributed by atoms with van der Waals surface area (Å²) in [6.45, 7) is 7.94. The van der Waals surface area contributed by atoms with E-state index in [0.29, 0.717) is 5.56 Å². The summed E-state index contributed by atoms with van der Waals surface area (Å²) in [4.78, 5) is 14.4. The van der Waals surface area contributed by atoms with Crippen LogP contribution in [-0.4, -0.2) is 29.0 Å². The van der Waals surface area contributed by atoms with Gasteiger partial charge < -0.3 is 10.0 Å². The van der Waals surface area contributed by atoms with Crippen LogP contribution < -0.4 is 0 Å². The number of benzene rings is 1. The number of nitrogens with zero attached hydrogens (tertiary/aromatic N) is 1. The number of likely N-dealkylation sites (tertiary alicyclic amines) is 1. The van der Waals surface area contributed by atoms with Gasteiger partial charge in [-0.1, -0.05) is 25.5 Å². The predicted octanol–water partition coefficient (Wildman–Crippen LogP) is 3.35. The topological polar surface area (TPSA) is 40.5 Å². The van der Waals surface area contributed by atoms with Crippen LogP contribution in [0.5, 0.6) is 5.75 Å². The molecule has 1 amide bonds. The van der Waals surface area contributed by atoms with E-state index in [1.807, 2.05) is 17.9 Å². The Morgan fingerprint density at radius 3 is 2.63 bits per heavy atom. The number of hydrogen-bond donors (Lipinski definition) is 1. The minimum absolute atomic E-state index is 0.0371. The lowest BCUT2D eigenvalue weighted by Crippen LogP contribution is -2.31. The van der Waals surface area contributed by atoms with Crippen molar-refractivity contribution in [1.29, 1.82) is 0 Å². The molecular weight excluding hydrogens is 238 g/mol. The number of carbonyl (C=O) groups is 1. The number of carbonyl (C=O) groups excluding carboxylic acids is 1. The minimum atomic E-state index is -0.0371. The summed E-state index contributed by atoms with van der Waals surface area (Å²) in [5.41, 5.74) is 1.70. The number of rotatable bonds is 3. The van der Waals surface area contributed by atoms with Crippen LogP contribution in [0.25, 0.3) is 0 Å². The summed E-state index contributed by atoms with van der Waals surface area (Å²) in [7, 11) is 0. The molecule has 0 aliphatic carbocycles. The summed E-state index contributed by atoms with van der Waals surface area (Å²) < 4.78 is 0. The third kappa shape index (κ3) is 2.60. The fourth-order valence-corrected chi connectivity index (χ4v) is 2.93. The van der Waals surface area contributed by atoms with Crippen molar-refractivity contribution in [3.8, 4) is 5.75 Å². The number of phenolic OH excluding ortho intramolecular Hbond substituents is 1. The van der Waals surface area contributed by atoms with Gasteiger partial charge in [-0.3, -0.25) is 4.79 Å². The van der Waals surface area contributed by atoms with Gasteiger partial charge in [0.05, 0.1) is 5.56 Å². The molecule has 3 heteroatoms. The number of aromatic hydroxyl groups is 1. The van der Waals surface area contributed by atoms with Crippen LogP contribution >= 0.6 is 0 Å². The van der Waals surface area contributed by atoms with E-state index in [4.69, 9.17) is 0 Å². The molecule has 0 radical (unpaired) electrons. The van der Waals surface area contributed by atoms with E-state index >= 15 is 0 Å². The molecule has 0 spiro atoms. The Bertz CT molecular complexity index is 478. The number of aryl methyl sites for hydroxylation is 1. The Morgan fingerprint density at radius 1 is 1.37 bits per heavy atom. The standard InChI is InChI=1S/C16H23NO2/c1-4-16(5-2)8-9-17(11-16)15(19)13-10-12(3)6-7-14(13)18/h6-7,10,18H,4-5,8-9,11H2,1-3H3. The lowest BCUT2D eigenvalue weighted by atomic mass is 9.82. The van der Waals surface area contributed by atoms with Gasteiger partial charge in [0.2, 0.25) is 0 Å². The molecule has 1 saturated heterocycles. The summed E-state index contributed by atoms with van der Waals surface area (Å²) in [6.07, 6.45) is 3.28. The van der Waals surface area contributed by atoms with E-state index in [2.05, 4.69) is 13.8 Å². The highest BCUT2D eigenvalue weighted by atomic mass is 16.3. The molecule has 1 fully saturated rings. The molecule has 2 rings (SSSR count). The zero-order valence-electron chi connectivity index (χ0n) is 12.1. The van der Waals surface area contributed by atoms with Crippen LogP contribution in [-0.2, 0) is 0 Å². The summed E-state index contributed by atoms with van der Waals surface area (Å²) in [6, 6.07) is 5.19. The molecule has 0 aromatic heterocycles. The van der Waals surface area contributed by atoms with Crippen LogP contribution in [0.1, 0.15) is 49.0 Å². The lowest BCUT2D eigenvalue weighted by Gasteiger charge is -2.26. The Hall–Kier alpha value is -1.51. The largest absolute Gasteiger partial charge is 0.507 e. The molecule has 0 saturated carbocycles. The van der Waals surface area contributed by atoms with Gasteiger partial charge in [0.15, 0.2) is 0 Å². The molecule has 19 heavy (non-hydrogen) atoms. The van der Waals surface area contributed by atoms with E-state index < -0.39 is 0 Å². The van der Waals surface area contributed by atoms with Crippen molar-refractivity contribution in [3.63, 3.8) is 0 Å². The molecule has 0 bridgehead atoms. The maximum atomic E-state index is 12.5. The van der Waals surface area contributed by atoms with Crippen molar-refractivity contribution in [3.05, 3.63) is 29.3 Å². The predicted molar refractivity (Wildman–Crippen MR) is 76.4 cm³/mol. The van der Waals surface area contributed by atoms with Crippen molar-refractivity contribution in [2.24, 2.45) is 5.41 Å². The van der Waals surface area contributed by atoms with Gasteiger partial charge in [0, 0.05) is 13.1 Å². The molecule has 3 nitrogen and oxygen atoms in total. The highest BCUT2D eigenvalue weighted by molar-refractivity contribution is 5.97. The third-order valence-corrected chi connectivity index (χ3v) is 4.61. The van der Waals surface area contributed by atoms with Crippen molar-refractivity contribution < 1.29 is 9.90 Å². The van der Waals surface area contributed by atoms with Gasteiger partial charge in [-0.05, 0) is 43.7 Å². The first-order chi connectivity index (χ1) is 9.01. The quantitative estimate of drug-likeness (QED) is 0.906. The van der Waals surface area contributed by atoms with Crippen LogP contribution in [0.3, 0.4) is 0 Å². The average Bonchev–Trinajstić information content (AvgIpc) is 2.86. The maximum absolute atomic E-state index is 12.5. The van der Waals surface area contributed by atoms with Gasteiger partial charge in [-0.25, -0.2) is 0 Å². The fourth-order valence-electron chi connectivity index (χ4n) is 2.93. The first kappa shape index (κ1) is 13.9. The zero-order valence-corrected chi connectivity index (χ0v) is 12.1. The maximum Gasteiger partial charge on any atom is 0.257 e. The molecule has 1 heterocycles. The SMILES string of the molecule is CCC1(CC)CCN(C(=O)c2cc(C)ccc2O)C1. The second kappa shape index (κ2) is 5.24. The van der Waals surface area contributed by atoms with E-state index in [0.717, 1.165) is 37.9 Å². The van der Waals surface area contributed by atoms with Crippen LogP contribution in [0.2, 0.25) is 0 Å². The Labute approximate surface area is 115 Å². The average molecular weight is 261 g/mol. The van der Waals surface area contributed by atoms with Crippen molar-refractivity contribution in [1.82, 2.24) is 4.90 Å². The normalized spacial score (nSPS) is 17.7. The monoisotopic (exact) mass is 261 g/mol. The second-order valence-corrected chi connectivity index (χ2v) is 5.70. The molecular formula is C16H23NO2. The molecule has 1 aliphatic heterocycles. The summed E-state index contributed by atoms with van der Waals surface area (Å²) in [5.74, 6) is 0.0473. The smallest absolute Gasteiger partial charge is 0.257 e. The lowest BCUT2D eigenvalue weighted by molar-refractivity contribution is 0.0766. The van der Waals surface area contributed by atoms with Gasteiger partial charge in [0.25, 0.3) is 5.91 Å².